The molecular formula is C33H35F3O. The Morgan fingerprint density at radius 1 is 0.811 bits per heavy atom. The minimum atomic E-state index is -1.07. The highest BCUT2D eigenvalue weighted by molar-refractivity contribution is 5.71. The van der Waals surface area contributed by atoms with Gasteiger partial charge in [0.05, 0.1) is 0 Å². The Bertz CT molecular complexity index is 1220. The first kappa shape index (κ1) is 26.9. The fourth-order valence-electron chi connectivity index (χ4n) is 5.49. The molecule has 0 unspecified atom stereocenters. The Morgan fingerprint density at radius 2 is 1.51 bits per heavy atom. The van der Waals surface area contributed by atoms with Crippen molar-refractivity contribution in [1.29, 1.82) is 0 Å². The van der Waals surface area contributed by atoms with Crippen LogP contribution >= 0.6 is 0 Å². The number of hydrogen-bond donors (Lipinski definition) is 0. The van der Waals surface area contributed by atoms with Crippen molar-refractivity contribution in [2.45, 2.75) is 70.6 Å². The first-order valence-corrected chi connectivity index (χ1v) is 13.5. The van der Waals surface area contributed by atoms with Crippen LogP contribution in [0.4, 0.5) is 13.2 Å². The van der Waals surface area contributed by atoms with E-state index in [2.05, 4.69) is 12.8 Å². The van der Waals surface area contributed by atoms with E-state index in [4.69, 9.17) is 11.2 Å². The lowest BCUT2D eigenvalue weighted by atomic mass is 9.76. The monoisotopic (exact) mass is 504 g/mol. The van der Waals surface area contributed by atoms with Crippen LogP contribution in [-0.2, 0) is 0 Å². The van der Waals surface area contributed by atoms with Crippen LogP contribution in [0.25, 0.3) is 22.3 Å². The molecule has 1 saturated carbocycles. The minimum Gasteiger partial charge on any atom is -0.478 e. The van der Waals surface area contributed by atoms with Crippen molar-refractivity contribution in [3.05, 3.63) is 77.6 Å². The molecule has 0 amide bonds. The number of halogens is 3. The zero-order chi connectivity index (χ0) is 26.2. The molecule has 0 aliphatic heterocycles. The first-order chi connectivity index (χ1) is 18.0. The van der Waals surface area contributed by atoms with Gasteiger partial charge in [-0.3, -0.25) is 0 Å². The number of ether oxygens (including phenoxy) is 1. The Balaban J connectivity index is 1.41. The highest BCUT2D eigenvalue weighted by Crippen LogP contribution is 2.39. The molecule has 3 aromatic carbocycles. The fourth-order valence-corrected chi connectivity index (χ4v) is 5.49. The van der Waals surface area contributed by atoms with E-state index < -0.39 is 11.6 Å². The molecule has 0 heterocycles. The van der Waals surface area contributed by atoms with Crippen LogP contribution in [0, 0.1) is 35.7 Å². The zero-order valence-electron chi connectivity index (χ0n) is 21.5. The van der Waals surface area contributed by atoms with Gasteiger partial charge in [0.25, 0.3) is 0 Å². The number of benzene rings is 3. The highest BCUT2D eigenvalue weighted by atomic mass is 19.2. The van der Waals surface area contributed by atoms with E-state index in [1.165, 1.54) is 57.1 Å². The van der Waals surface area contributed by atoms with Gasteiger partial charge in [-0.05, 0) is 78.0 Å². The predicted octanol–water partition coefficient (Wildman–Crippen LogP) is 9.69. The van der Waals surface area contributed by atoms with Crippen molar-refractivity contribution < 1.29 is 17.9 Å². The van der Waals surface area contributed by atoms with E-state index in [0.29, 0.717) is 5.56 Å². The topological polar surface area (TPSA) is 9.23 Å². The van der Waals surface area contributed by atoms with Crippen molar-refractivity contribution in [3.8, 4) is 40.3 Å². The first-order valence-electron chi connectivity index (χ1n) is 13.5. The Hall–Kier alpha value is -3.19. The molecule has 1 fully saturated rings. The summed E-state index contributed by atoms with van der Waals surface area (Å²) in [4.78, 5) is 0. The molecule has 4 heteroatoms. The maximum atomic E-state index is 15.2. The average molecular weight is 505 g/mol. The SMILES string of the molecule is C#CCOc1ccc(-c2ccc(-c3ccc(C4CCC(CCCCCC)CC4)c(F)c3)cc2)c(F)c1F. The van der Waals surface area contributed by atoms with Crippen LogP contribution in [0.2, 0.25) is 0 Å². The highest BCUT2D eigenvalue weighted by Gasteiger charge is 2.24. The average Bonchev–Trinajstić information content (AvgIpc) is 2.92. The summed E-state index contributed by atoms with van der Waals surface area (Å²) in [6.07, 6.45) is 16.1. The lowest BCUT2D eigenvalue weighted by molar-refractivity contribution is 0.298. The normalized spacial score (nSPS) is 17.4. The number of rotatable bonds is 10. The lowest BCUT2D eigenvalue weighted by Crippen LogP contribution is -2.14. The van der Waals surface area contributed by atoms with Gasteiger partial charge in [0.1, 0.15) is 12.4 Å². The summed E-state index contributed by atoms with van der Waals surface area (Å²) < 4.78 is 49.2. The van der Waals surface area contributed by atoms with Crippen molar-refractivity contribution in [3.63, 3.8) is 0 Å². The fraction of sp³-hybridized carbons (Fsp3) is 0.394. The summed E-state index contributed by atoms with van der Waals surface area (Å²) in [5.41, 5.74) is 3.04. The molecule has 4 rings (SSSR count). The molecule has 3 aromatic rings. The van der Waals surface area contributed by atoms with E-state index in [9.17, 15) is 8.78 Å². The Labute approximate surface area is 219 Å². The van der Waals surface area contributed by atoms with Crippen LogP contribution in [0.1, 0.15) is 76.2 Å². The molecule has 37 heavy (non-hydrogen) atoms. The number of hydrogen-bond acceptors (Lipinski definition) is 1. The Kier molecular flexibility index (Phi) is 9.34. The van der Waals surface area contributed by atoms with Crippen LogP contribution in [0.15, 0.2) is 54.6 Å². The van der Waals surface area contributed by atoms with E-state index in [1.807, 2.05) is 12.1 Å². The van der Waals surface area contributed by atoms with Gasteiger partial charge in [-0.2, -0.15) is 4.39 Å². The molecule has 0 radical (unpaired) electrons. The maximum absolute atomic E-state index is 15.2. The van der Waals surface area contributed by atoms with Crippen molar-refractivity contribution >= 4 is 0 Å². The largest absolute Gasteiger partial charge is 0.478 e. The van der Waals surface area contributed by atoms with E-state index in [0.717, 1.165) is 35.4 Å². The molecule has 1 aliphatic carbocycles. The maximum Gasteiger partial charge on any atom is 0.201 e. The van der Waals surface area contributed by atoms with Crippen LogP contribution in [0.3, 0.4) is 0 Å². The predicted molar refractivity (Wildman–Crippen MR) is 145 cm³/mol. The summed E-state index contributed by atoms with van der Waals surface area (Å²) in [6, 6.07) is 15.3. The third-order valence-electron chi connectivity index (χ3n) is 7.64. The molecule has 0 spiro atoms. The third-order valence-corrected chi connectivity index (χ3v) is 7.64. The van der Waals surface area contributed by atoms with Gasteiger partial charge >= 0.3 is 0 Å². The van der Waals surface area contributed by atoms with E-state index in [-0.39, 0.29) is 29.7 Å². The Morgan fingerprint density at radius 3 is 2.19 bits per heavy atom. The quantitative estimate of drug-likeness (QED) is 0.197. The molecule has 0 atom stereocenters. The second-order valence-corrected chi connectivity index (χ2v) is 10.1. The lowest BCUT2D eigenvalue weighted by Gasteiger charge is -2.29. The van der Waals surface area contributed by atoms with Crippen LogP contribution in [0.5, 0.6) is 5.75 Å². The van der Waals surface area contributed by atoms with E-state index >= 15 is 4.39 Å². The van der Waals surface area contributed by atoms with Crippen LogP contribution in [-0.4, -0.2) is 6.61 Å². The standard InChI is InChI=1S/C33H35F3O/c1-3-5-6-7-8-23-9-11-25(12-10-23)28-18-17-27(22-30(28)34)24-13-15-26(16-14-24)29-19-20-31(37-21-4-2)33(36)32(29)35/h2,13-20,22-23,25H,3,5-12,21H2,1H3. The third kappa shape index (κ3) is 6.58. The molecular weight excluding hydrogens is 469 g/mol. The summed E-state index contributed by atoms with van der Waals surface area (Å²) in [5.74, 6) is 0.866. The van der Waals surface area contributed by atoms with Gasteiger partial charge in [-0.15, -0.1) is 6.42 Å². The summed E-state index contributed by atoms with van der Waals surface area (Å²) in [5, 5.41) is 0. The smallest absolute Gasteiger partial charge is 0.201 e. The van der Waals surface area contributed by atoms with Crippen LogP contribution < -0.4 is 4.74 Å². The van der Waals surface area contributed by atoms with Gasteiger partial charge in [0.2, 0.25) is 5.82 Å². The number of terminal acetylenes is 1. The summed E-state index contributed by atoms with van der Waals surface area (Å²) in [6.45, 7) is 2.10. The van der Waals surface area contributed by atoms with Crippen molar-refractivity contribution in [2.24, 2.45) is 5.92 Å². The molecule has 194 valence electrons. The number of unbranched alkanes of at least 4 members (excludes halogenated alkanes) is 3. The van der Waals surface area contributed by atoms with Crippen molar-refractivity contribution in [2.75, 3.05) is 6.61 Å². The van der Waals surface area contributed by atoms with Gasteiger partial charge in [0.15, 0.2) is 11.6 Å². The molecule has 0 N–H and O–H groups in total. The second kappa shape index (κ2) is 12.9. The van der Waals surface area contributed by atoms with Gasteiger partial charge < -0.3 is 4.74 Å². The minimum absolute atomic E-state index is 0.125. The summed E-state index contributed by atoms with van der Waals surface area (Å²) in [7, 11) is 0. The molecule has 1 nitrogen and oxygen atoms in total. The van der Waals surface area contributed by atoms with Gasteiger partial charge in [-0.25, -0.2) is 8.78 Å². The van der Waals surface area contributed by atoms with Crippen molar-refractivity contribution in [1.82, 2.24) is 0 Å². The molecule has 0 bridgehead atoms. The molecule has 0 aromatic heterocycles. The zero-order valence-corrected chi connectivity index (χ0v) is 21.5. The van der Waals surface area contributed by atoms with Gasteiger partial charge in [-0.1, -0.05) is 81.3 Å². The molecule has 0 saturated heterocycles. The van der Waals surface area contributed by atoms with Gasteiger partial charge in [0, 0.05) is 5.56 Å². The second-order valence-electron chi connectivity index (χ2n) is 10.1. The molecule has 1 aliphatic rings. The summed E-state index contributed by atoms with van der Waals surface area (Å²) >= 11 is 0. The van der Waals surface area contributed by atoms with E-state index in [1.54, 1.807) is 30.3 Å².